The van der Waals surface area contributed by atoms with Crippen molar-refractivity contribution in [2.45, 2.75) is 65.7 Å². The van der Waals surface area contributed by atoms with Gasteiger partial charge in [0.15, 0.2) is 0 Å². The minimum atomic E-state index is -1.18. The van der Waals surface area contributed by atoms with Crippen molar-refractivity contribution in [2.24, 2.45) is 22.7 Å². The average molecular weight is 405 g/mol. The summed E-state index contributed by atoms with van der Waals surface area (Å²) in [6.07, 6.45) is 9.41. The Kier molecular flexibility index (Phi) is 6.20. The quantitative estimate of drug-likeness (QED) is 0.391. The van der Waals surface area contributed by atoms with E-state index >= 15 is 0 Å². The molecule has 0 aromatic carbocycles. The molecule has 1 aliphatic heterocycles. The van der Waals surface area contributed by atoms with Gasteiger partial charge in [-0.15, -0.1) is 0 Å². The van der Waals surface area contributed by atoms with Crippen molar-refractivity contribution in [3.05, 3.63) is 23.3 Å². The van der Waals surface area contributed by atoms with Crippen LogP contribution in [0.2, 0.25) is 0 Å². The number of rotatable bonds is 7. The Labute approximate surface area is 172 Å². The van der Waals surface area contributed by atoms with Gasteiger partial charge in [0, 0.05) is 11.0 Å². The Morgan fingerprint density at radius 2 is 2.14 bits per heavy atom. The van der Waals surface area contributed by atoms with E-state index in [-0.39, 0.29) is 23.4 Å². The minimum absolute atomic E-state index is 0.104. The predicted molar refractivity (Wildman–Crippen MR) is 107 cm³/mol. The minimum Gasteiger partial charge on any atom is -0.481 e. The number of cyclic esters (lactones) is 1. The van der Waals surface area contributed by atoms with Gasteiger partial charge >= 0.3 is 17.9 Å². The fraction of sp³-hybridized carbons (Fsp3) is 0.696. The van der Waals surface area contributed by atoms with Crippen molar-refractivity contribution < 1.29 is 29.0 Å². The summed E-state index contributed by atoms with van der Waals surface area (Å²) in [6.45, 7) is 7.35. The maximum Gasteiger partial charge on any atom is 0.334 e. The number of carboxylic acids is 1. The molecule has 0 unspecified atom stereocenters. The lowest BCUT2D eigenvalue weighted by molar-refractivity contribution is -0.150. The van der Waals surface area contributed by atoms with Crippen LogP contribution in [0, 0.1) is 22.7 Å². The molecule has 4 atom stereocenters. The van der Waals surface area contributed by atoms with Crippen LogP contribution in [0.15, 0.2) is 23.3 Å². The third-order valence-corrected chi connectivity index (χ3v) is 7.66. The number of ether oxygens (including phenoxy) is 2. The van der Waals surface area contributed by atoms with Crippen molar-refractivity contribution in [2.75, 3.05) is 13.2 Å². The number of hydrogen-bond acceptors (Lipinski definition) is 5. The van der Waals surface area contributed by atoms with Gasteiger partial charge in [0.1, 0.15) is 19.6 Å². The molecule has 3 rings (SSSR count). The Morgan fingerprint density at radius 1 is 1.38 bits per heavy atom. The molecule has 1 saturated carbocycles. The standard InChI is InChI=1S/C23H32O6/c1-15(9-12-28-20(26)13-19(24)25)7-10-22(3)16(2)8-11-23-14-29-21(27)17(23)5-4-6-18(22)23/h5,9,16,18H,4,6-8,10-14H2,1-3H3,(H,24,25)/b15-9+/t16-,18-,22+,23-/m1/s1. The van der Waals surface area contributed by atoms with Gasteiger partial charge in [-0.05, 0) is 68.8 Å². The maximum atomic E-state index is 12.3. The summed E-state index contributed by atoms with van der Waals surface area (Å²) in [7, 11) is 0. The molecule has 6 nitrogen and oxygen atoms in total. The number of carbonyl (C=O) groups excluding carboxylic acids is 2. The van der Waals surface area contributed by atoms with Gasteiger partial charge in [-0.2, -0.15) is 0 Å². The van der Waals surface area contributed by atoms with Gasteiger partial charge in [-0.1, -0.05) is 25.5 Å². The topological polar surface area (TPSA) is 89.9 Å². The lowest BCUT2D eigenvalue weighted by Gasteiger charge is -2.56. The summed E-state index contributed by atoms with van der Waals surface area (Å²) >= 11 is 0. The SMILES string of the molecule is C/C(=C\COC(=O)CC(=O)O)CC[C@@]1(C)[C@H](C)CC[C@@]23COC(=O)C2=CCC[C@@H]31. The first-order chi connectivity index (χ1) is 13.7. The first-order valence-electron chi connectivity index (χ1n) is 10.6. The van der Waals surface area contributed by atoms with Gasteiger partial charge in [0.25, 0.3) is 0 Å². The second-order valence-electron chi connectivity index (χ2n) is 9.23. The summed E-state index contributed by atoms with van der Waals surface area (Å²) in [5.41, 5.74) is 2.05. The molecule has 29 heavy (non-hydrogen) atoms. The third kappa shape index (κ3) is 4.12. The van der Waals surface area contributed by atoms with Crippen LogP contribution in [-0.4, -0.2) is 36.2 Å². The van der Waals surface area contributed by atoms with Crippen LogP contribution in [0.25, 0.3) is 0 Å². The molecule has 0 aromatic heterocycles. The Bertz CT molecular complexity index is 750. The zero-order valence-electron chi connectivity index (χ0n) is 17.7. The molecule has 1 spiro atoms. The first-order valence-corrected chi connectivity index (χ1v) is 10.6. The molecular weight excluding hydrogens is 372 g/mol. The number of carboxylic acid groups (broad SMARTS) is 1. The molecule has 1 heterocycles. The van der Waals surface area contributed by atoms with Crippen molar-refractivity contribution in [1.82, 2.24) is 0 Å². The van der Waals surface area contributed by atoms with Gasteiger partial charge in [-0.3, -0.25) is 9.59 Å². The molecular formula is C23H32O6. The number of esters is 2. The number of carbonyl (C=O) groups is 3. The maximum absolute atomic E-state index is 12.3. The third-order valence-electron chi connectivity index (χ3n) is 7.66. The predicted octanol–water partition coefficient (Wildman–Crippen LogP) is 4.05. The molecule has 0 amide bonds. The van der Waals surface area contributed by atoms with Gasteiger partial charge in [-0.25, -0.2) is 4.79 Å². The van der Waals surface area contributed by atoms with Gasteiger partial charge < -0.3 is 14.6 Å². The van der Waals surface area contributed by atoms with Crippen LogP contribution >= 0.6 is 0 Å². The van der Waals surface area contributed by atoms with Crippen LogP contribution < -0.4 is 0 Å². The van der Waals surface area contributed by atoms with Crippen molar-refractivity contribution in [3.8, 4) is 0 Å². The fourth-order valence-electron chi connectivity index (χ4n) is 5.73. The van der Waals surface area contributed by atoms with Crippen molar-refractivity contribution in [1.29, 1.82) is 0 Å². The largest absolute Gasteiger partial charge is 0.481 e. The van der Waals surface area contributed by atoms with Crippen LogP contribution in [0.4, 0.5) is 0 Å². The molecule has 2 aliphatic carbocycles. The van der Waals surface area contributed by atoms with E-state index in [1.54, 1.807) is 0 Å². The van der Waals surface area contributed by atoms with E-state index in [1.807, 2.05) is 13.0 Å². The normalized spacial score (nSPS) is 34.0. The molecule has 2 fully saturated rings. The second-order valence-corrected chi connectivity index (χ2v) is 9.23. The van der Waals surface area contributed by atoms with Crippen LogP contribution in [0.1, 0.15) is 65.7 Å². The van der Waals surface area contributed by atoms with E-state index in [2.05, 4.69) is 19.9 Å². The summed E-state index contributed by atoms with van der Waals surface area (Å²) in [5.74, 6) is -1.02. The van der Waals surface area contributed by atoms with Crippen molar-refractivity contribution in [3.63, 3.8) is 0 Å². The van der Waals surface area contributed by atoms with Gasteiger partial charge in [0.2, 0.25) is 0 Å². The highest BCUT2D eigenvalue weighted by molar-refractivity contribution is 5.92. The molecule has 6 heteroatoms. The van der Waals surface area contributed by atoms with E-state index in [0.29, 0.717) is 18.4 Å². The van der Waals surface area contributed by atoms with Crippen LogP contribution in [0.3, 0.4) is 0 Å². The monoisotopic (exact) mass is 404 g/mol. The summed E-state index contributed by atoms with van der Waals surface area (Å²) < 4.78 is 10.5. The summed E-state index contributed by atoms with van der Waals surface area (Å²) in [4.78, 5) is 34.1. The highest BCUT2D eigenvalue weighted by atomic mass is 16.5. The van der Waals surface area contributed by atoms with Crippen LogP contribution in [0.5, 0.6) is 0 Å². The number of hydrogen-bond donors (Lipinski definition) is 1. The van der Waals surface area contributed by atoms with Gasteiger partial charge in [0.05, 0.1) is 0 Å². The smallest absolute Gasteiger partial charge is 0.334 e. The lowest BCUT2D eigenvalue weighted by atomic mass is 9.47. The highest BCUT2D eigenvalue weighted by Gasteiger charge is 2.60. The van der Waals surface area contributed by atoms with Crippen molar-refractivity contribution >= 4 is 17.9 Å². The molecule has 0 radical (unpaired) electrons. The zero-order chi connectivity index (χ0) is 21.2. The molecule has 0 bridgehead atoms. The van der Waals surface area contributed by atoms with E-state index < -0.39 is 18.4 Å². The molecule has 160 valence electrons. The van der Waals surface area contributed by atoms with E-state index in [0.717, 1.165) is 49.7 Å². The van der Waals surface area contributed by atoms with Crippen LogP contribution in [-0.2, 0) is 23.9 Å². The number of allylic oxidation sites excluding steroid dienone is 2. The fourth-order valence-corrected chi connectivity index (χ4v) is 5.73. The van der Waals surface area contributed by atoms with E-state index in [9.17, 15) is 14.4 Å². The second kappa shape index (κ2) is 8.33. The summed E-state index contributed by atoms with van der Waals surface area (Å²) in [6, 6.07) is 0. The van der Waals surface area contributed by atoms with E-state index in [4.69, 9.17) is 14.6 Å². The molecule has 1 saturated heterocycles. The molecule has 3 aliphatic rings. The molecule has 0 aromatic rings. The highest BCUT2D eigenvalue weighted by Crippen LogP contribution is 2.63. The average Bonchev–Trinajstić information content (AvgIpc) is 2.99. The Balaban J connectivity index is 1.65. The lowest BCUT2D eigenvalue weighted by Crippen LogP contribution is -2.51. The Morgan fingerprint density at radius 3 is 2.86 bits per heavy atom. The first kappa shape index (κ1) is 21.6. The number of aliphatic carboxylic acids is 1. The zero-order valence-corrected chi connectivity index (χ0v) is 17.7. The molecule has 1 N–H and O–H groups in total. The summed E-state index contributed by atoms with van der Waals surface area (Å²) in [5, 5.41) is 8.60. The van der Waals surface area contributed by atoms with E-state index in [1.165, 1.54) is 0 Å². The Hall–Kier alpha value is -2.11.